The highest BCUT2D eigenvalue weighted by Crippen LogP contribution is 2.33. The van der Waals surface area contributed by atoms with Gasteiger partial charge in [0.1, 0.15) is 0 Å². The first-order chi connectivity index (χ1) is 7.36. The van der Waals surface area contributed by atoms with Gasteiger partial charge < -0.3 is 0 Å². The molecule has 0 aliphatic carbocycles. The monoisotopic (exact) mass is 218 g/mol. The second kappa shape index (κ2) is 5.41. The van der Waals surface area contributed by atoms with Crippen LogP contribution in [-0.4, -0.2) is 5.75 Å². The Labute approximate surface area is 96.8 Å². The number of allylic oxidation sites excluding steroid dienone is 2. The summed E-state index contributed by atoms with van der Waals surface area (Å²) in [6, 6.07) is 10.8. The fraction of sp³-hybridized carbons (Fsp3) is 0.429. The smallest absolute Gasteiger partial charge is 0.00118 e. The lowest BCUT2D eigenvalue weighted by Crippen LogP contribution is -1.97. The van der Waals surface area contributed by atoms with Crippen LogP contribution < -0.4 is 0 Å². The lowest BCUT2D eigenvalue weighted by Gasteiger charge is -2.11. The summed E-state index contributed by atoms with van der Waals surface area (Å²) in [6.45, 7) is 2.35. The molecule has 0 spiro atoms. The van der Waals surface area contributed by atoms with E-state index in [0.29, 0.717) is 0 Å². The first-order valence-electron chi connectivity index (χ1n) is 5.73. The molecule has 0 amide bonds. The zero-order valence-electron chi connectivity index (χ0n) is 9.28. The van der Waals surface area contributed by atoms with Crippen molar-refractivity contribution in [3.05, 3.63) is 46.9 Å². The number of hydrogen-bond acceptors (Lipinski definition) is 1. The highest BCUT2D eigenvalue weighted by molar-refractivity contribution is 8.03. The molecule has 0 N–H and O–H groups in total. The normalized spacial score (nSPS) is 17.5. The molecule has 80 valence electrons. The standard InChI is InChI=1S/C14H18S/c1-12(14-8-5-11-15-14)9-10-13-6-3-2-4-7-13/h2-4,6-8,12H,5,9-11H2,1H3. The van der Waals surface area contributed by atoms with Crippen LogP contribution in [0.4, 0.5) is 0 Å². The SMILES string of the molecule is CC(CCc1ccccc1)C1=CCCS1. The second-order valence-corrected chi connectivity index (χ2v) is 5.34. The van der Waals surface area contributed by atoms with Crippen molar-refractivity contribution in [3.8, 4) is 0 Å². The molecular formula is C14H18S. The summed E-state index contributed by atoms with van der Waals surface area (Å²) in [6.07, 6.45) is 6.18. The molecule has 1 aliphatic heterocycles. The number of rotatable bonds is 4. The molecule has 0 saturated heterocycles. The van der Waals surface area contributed by atoms with E-state index >= 15 is 0 Å². The third kappa shape index (κ3) is 3.13. The van der Waals surface area contributed by atoms with Crippen molar-refractivity contribution in [1.29, 1.82) is 0 Å². The van der Waals surface area contributed by atoms with Crippen molar-refractivity contribution >= 4 is 11.8 Å². The Hall–Kier alpha value is -0.690. The molecule has 1 heteroatoms. The van der Waals surface area contributed by atoms with Crippen molar-refractivity contribution in [1.82, 2.24) is 0 Å². The van der Waals surface area contributed by atoms with Gasteiger partial charge in [0.05, 0.1) is 0 Å². The van der Waals surface area contributed by atoms with Gasteiger partial charge in [0, 0.05) is 5.75 Å². The Kier molecular flexibility index (Phi) is 3.90. The molecule has 0 bridgehead atoms. The van der Waals surface area contributed by atoms with Crippen LogP contribution in [0, 0.1) is 5.92 Å². The quantitative estimate of drug-likeness (QED) is 0.727. The molecule has 0 nitrogen and oxygen atoms in total. The minimum Gasteiger partial charge on any atom is -0.130 e. The average Bonchev–Trinajstić information content (AvgIpc) is 2.81. The van der Waals surface area contributed by atoms with E-state index in [1.54, 1.807) is 4.91 Å². The van der Waals surface area contributed by atoms with Gasteiger partial charge in [-0.1, -0.05) is 43.3 Å². The molecule has 0 radical (unpaired) electrons. The maximum atomic E-state index is 2.42. The number of hydrogen-bond donors (Lipinski definition) is 0. The van der Waals surface area contributed by atoms with E-state index in [9.17, 15) is 0 Å². The minimum absolute atomic E-state index is 0.748. The first kappa shape index (κ1) is 10.8. The van der Waals surface area contributed by atoms with Crippen LogP contribution in [0.2, 0.25) is 0 Å². The zero-order chi connectivity index (χ0) is 10.5. The van der Waals surface area contributed by atoms with E-state index in [-0.39, 0.29) is 0 Å². The Morgan fingerprint density at radius 1 is 1.27 bits per heavy atom. The molecule has 1 unspecified atom stereocenters. The summed E-state index contributed by atoms with van der Waals surface area (Å²) >= 11 is 2.05. The van der Waals surface area contributed by atoms with Gasteiger partial charge in [0.15, 0.2) is 0 Å². The Balaban J connectivity index is 1.83. The van der Waals surface area contributed by atoms with E-state index in [0.717, 1.165) is 5.92 Å². The fourth-order valence-corrected chi connectivity index (χ4v) is 3.06. The van der Waals surface area contributed by atoms with Gasteiger partial charge in [-0.25, -0.2) is 0 Å². The summed E-state index contributed by atoms with van der Waals surface area (Å²) < 4.78 is 0. The van der Waals surface area contributed by atoms with Crippen LogP contribution in [0.3, 0.4) is 0 Å². The maximum Gasteiger partial charge on any atom is 0.00118 e. The van der Waals surface area contributed by atoms with Crippen molar-refractivity contribution in [3.63, 3.8) is 0 Å². The molecule has 1 aliphatic rings. The van der Waals surface area contributed by atoms with Crippen molar-refractivity contribution in [2.45, 2.75) is 26.2 Å². The van der Waals surface area contributed by atoms with Crippen molar-refractivity contribution in [2.24, 2.45) is 5.92 Å². The molecule has 1 heterocycles. The Morgan fingerprint density at radius 2 is 2.07 bits per heavy atom. The van der Waals surface area contributed by atoms with Gasteiger partial charge >= 0.3 is 0 Å². The summed E-state index contributed by atoms with van der Waals surface area (Å²) in [4.78, 5) is 1.62. The van der Waals surface area contributed by atoms with Gasteiger partial charge in [-0.15, -0.1) is 11.8 Å². The zero-order valence-corrected chi connectivity index (χ0v) is 10.1. The molecule has 15 heavy (non-hydrogen) atoms. The van der Waals surface area contributed by atoms with Gasteiger partial charge in [-0.2, -0.15) is 0 Å². The molecule has 0 fully saturated rings. The van der Waals surface area contributed by atoms with Crippen LogP contribution in [0.1, 0.15) is 25.3 Å². The Morgan fingerprint density at radius 3 is 2.73 bits per heavy atom. The number of thioether (sulfide) groups is 1. The van der Waals surface area contributed by atoms with E-state index in [1.165, 1.54) is 30.6 Å². The van der Waals surface area contributed by atoms with Crippen LogP contribution in [0.15, 0.2) is 41.3 Å². The topological polar surface area (TPSA) is 0 Å². The molecule has 1 aromatic carbocycles. The molecule has 1 aromatic rings. The van der Waals surface area contributed by atoms with Gasteiger partial charge in [0.2, 0.25) is 0 Å². The predicted molar refractivity (Wildman–Crippen MR) is 69.1 cm³/mol. The second-order valence-electron chi connectivity index (χ2n) is 4.17. The lowest BCUT2D eigenvalue weighted by molar-refractivity contribution is 0.639. The maximum absolute atomic E-state index is 2.42. The molecule has 2 rings (SSSR count). The summed E-state index contributed by atoms with van der Waals surface area (Å²) in [5.41, 5.74) is 1.47. The highest BCUT2D eigenvalue weighted by Gasteiger charge is 2.12. The van der Waals surface area contributed by atoms with Gasteiger partial charge in [-0.3, -0.25) is 0 Å². The largest absolute Gasteiger partial charge is 0.130 e. The summed E-state index contributed by atoms with van der Waals surface area (Å²) in [7, 11) is 0. The first-order valence-corrected chi connectivity index (χ1v) is 6.71. The summed E-state index contributed by atoms with van der Waals surface area (Å²) in [5.74, 6) is 2.04. The van der Waals surface area contributed by atoms with Gasteiger partial charge in [-0.05, 0) is 35.6 Å². The molecule has 0 aromatic heterocycles. The molecule has 0 saturated carbocycles. The fourth-order valence-electron chi connectivity index (χ4n) is 1.95. The van der Waals surface area contributed by atoms with Crippen molar-refractivity contribution in [2.75, 3.05) is 5.75 Å². The van der Waals surface area contributed by atoms with Crippen molar-refractivity contribution < 1.29 is 0 Å². The number of benzene rings is 1. The molecular weight excluding hydrogens is 200 g/mol. The van der Waals surface area contributed by atoms with E-state index in [4.69, 9.17) is 0 Å². The van der Waals surface area contributed by atoms with Crippen LogP contribution in [0.25, 0.3) is 0 Å². The van der Waals surface area contributed by atoms with Crippen LogP contribution >= 0.6 is 11.8 Å². The lowest BCUT2D eigenvalue weighted by atomic mass is 10.0. The third-order valence-electron chi connectivity index (χ3n) is 2.93. The Bertz CT molecular complexity index is 326. The van der Waals surface area contributed by atoms with E-state index < -0.39 is 0 Å². The predicted octanol–water partition coefficient (Wildman–Crippen LogP) is 4.28. The third-order valence-corrected chi connectivity index (χ3v) is 4.27. The summed E-state index contributed by atoms with van der Waals surface area (Å²) in [5, 5.41) is 0. The molecule has 1 atom stereocenters. The number of aryl methyl sites for hydroxylation is 1. The van der Waals surface area contributed by atoms with Crippen LogP contribution in [-0.2, 0) is 6.42 Å². The minimum atomic E-state index is 0.748. The highest BCUT2D eigenvalue weighted by atomic mass is 32.2. The van der Waals surface area contributed by atoms with E-state index in [1.807, 2.05) is 11.8 Å². The van der Waals surface area contributed by atoms with E-state index in [2.05, 4.69) is 43.3 Å². The van der Waals surface area contributed by atoms with Gasteiger partial charge in [0.25, 0.3) is 0 Å². The van der Waals surface area contributed by atoms with Crippen LogP contribution in [0.5, 0.6) is 0 Å². The average molecular weight is 218 g/mol.